The molecule has 1 atom stereocenters. The van der Waals surface area contributed by atoms with Crippen molar-refractivity contribution in [2.24, 2.45) is 5.73 Å². The van der Waals surface area contributed by atoms with Gasteiger partial charge < -0.3 is 10.5 Å². The Morgan fingerprint density at radius 1 is 1.57 bits per heavy atom. The molecule has 0 heterocycles. The predicted octanol–water partition coefficient (Wildman–Crippen LogP) is 2.84. The summed E-state index contributed by atoms with van der Waals surface area (Å²) >= 11 is 5.61. The Labute approximate surface area is 89.3 Å². The molecular weight excluding hydrogens is 198 g/mol. The minimum Gasteiger partial charge on any atom is -0.488 e. The van der Waals surface area contributed by atoms with Gasteiger partial charge in [-0.2, -0.15) is 0 Å². The minimum atomic E-state index is -0.0465. The monoisotopic (exact) mass is 211 g/mol. The summed E-state index contributed by atoms with van der Waals surface area (Å²) in [5.41, 5.74) is 6.76. The van der Waals surface area contributed by atoms with Crippen LogP contribution in [0.25, 0.3) is 0 Å². The van der Waals surface area contributed by atoms with Crippen molar-refractivity contribution in [2.75, 3.05) is 6.61 Å². The van der Waals surface area contributed by atoms with Crippen molar-refractivity contribution in [1.29, 1.82) is 0 Å². The van der Waals surface area contributed by atoms with Crippen molar-refractivity contribution in [3.8, 4) is 5.75 Å². The second-order valence-electron chi connectivity index (χ2n) is 3.13. The largest absolute Gasteiger partial charge is 0.488 e. The van der Waals surface area contributed by atoms with Gasteiger partial charge in [-0.25, -0.2) is 0 Å². The summed E-state index contributed by atoms with van der Waals surface area (Å²) in [6.45, 7) is 5.78. The zero-order valence-corrected chi connectivity index (χ0v) is 8.92. The van der Waals surface area contributed by atoms with Crippen molar-refractivity contribution in [2.45, 2.75) is 13.0 Å². The number of para-hydroxylation sites is 1. The fraction of sp³-hybridized carbons (Fsp3) is 0.273. The maximum absolute atomic E-state index is 5.79. The topological polar surface area (TPSA) is 35.2 Å². The van der Waals surface area contributed by atoms with Crippen LogP contribution in [0.5, 0.6) is 5.75 Å². The van der Waals surface area contributed by atoms with Gasteiger partial charge in [-0.15, -0.1) is 0 Å². The van der Waals surface area contributed by atoms with Crippen LogP contribution < -0.4 is 10.5 Å². The molecule has 0 bridgehead atoms. The first-order valence-electron chi connectivity index (χ1n) is 4.42. The van der Waals surface area contributed by atoms with E-state index in [1.165, 1.54) is 0 Å². The van der Waals surface area contributed by atoms with Gasteiger partial charge in [0.15, 0.2) is 0 Å². The maximum atomic E-state index is 5.79. The summed E-state index contributed by atoms with van der Waals surface area (Å²) in [5.74, 6) is 0.768. The third-order valence-electron chi connectivity index (χ3n) is 1.79. The number of nitrogens with two attached hydrogens (primary N) is 1. The van der Waals surface area contributed by atoms with Gasteiger partial charge in [-0.1, -0.05) is 36.4 Å². The number of rotatable bonds is 4. The lowest BCUT2D eigenvalue weighted by Crippen LogP contribution is -2.08. The van der Waals surface area contributed by atoms with Crippen molar-refractivity contribution < 1.29 is 4.74 Å². The number of hydrogen-bond acceptors (Lipinski definition) is 2. The molecule has 0 aliphatic rings. The average molecular weight is 212 g/mol. The van der Waals surface area contributed by atoms with Gasteiger partial charge in [0.1, 0.15) is 12.4 Å². The van der Waals surface area contributed by atoms with Crippen LogP contribution in [0, 0.1) is 0 Å². The van der Waals surface area contributed by atoms with Crippen molar-refractivity contribution in [3.63, 3.8) is 0 Å². The summed E-state index contributed by atoms with van der Waals surface area (Å²) in [7, 11) is 0. The highest BCUT2D eigenvalue weighted by Crippen LogP contribution is 2.23. The normalized spacial score (nSPS) is 12.2. The molecule has 0 aliphatic carbocycles. The molecule has 3 heteroatoms. The van der Waals surface area contributed by atoms with Gasteiger partial charge in [0.05, 0.1) is 0 Å². The number of hydrogen-bond donors (Lipinski definition) is 1. The molecule has 2 nitrogen and oxygen atoms in total. The second-order valence-corrected chi connectivity index (χ2v) is 3.67. The lowest BCUT2D eigenvalue weighted by atomic mass is 10.1. The minimum absolute atomic E-state index is 0.0465. The molecule has 0 unspecified atom stereocenters. The molecule has 0 spiro atoms. The smallest absolute Gasteiger partial charge is 0.124 e. The third kappa shape index (κ3) is 3.05. The molecule has 0 saturated carbocycles. The Hall–Kier alpha value is -0.990. The van der Waals surface area contributed by atoms with Gasteiger partial charge in [0.25, 0.3) is 0 Å². The first kappa shape index (κ1) is 11.1. The Kier molecular flexibility index (Phi) is 3.98. The Bertz CT molecular complexity index is 323. The molecule has 0 fully saturated rings. The summed E-state index contributed by atoms with van der Waals surface area (Å²) < 4.78 is 5.45. The van der Waals surface area contributed by atoms with Crippen LogP contribution in [0.1, 0.15) is 18.5 Å². The van der Waals surface area contributed by atoms with E-state index in [9.17, 15) is 0 Å². The quantitative estimate of drug-likeness (QED) is 0.831. The van der Waals surface area contributed by atoms with Crippen LogP contribution in [-0.2, 0) is 0 Å². The zero-order chi connectivity index (χ0) is 10.6. The average Bonchev–Trinajstić information content (AvgIpc) is 2.15. The lowest BCUT2D eigenvalue weighted by Gasteiger charge is -2.12. The van der Waals surface area contributed by atoms with Crippen LogP contribution >= 0.6 is 11.6 Å². The molecule has 0 aromatic heterocycles. The molecule has 2 N–H and O–H groups in total. The zero-order valence-electron chi connectivity index (χ0n) is 8.16. The molecule has 1 rings (SSSR count). The van der Waals surface area contributed by atoms with E-state index < -0.39 is 0 Å². The molecule has 14 heavy (non-hydrogen) atoms. The molecule has 0 aliphatic heterocycles. The van der Waals surface area contributed by atoms with E-state index in [1.807, 2.05) is 31.2 Å². The molecule has 0 radical (unpaired) electrons. The molecule has 76 valence electrons. The predicted molar refractivity (Wildman–Crippen MR) is 59.5 cm³/mol. The van der Waals surface area contributed by atoms with Crippen LogP contribution in [0.3, 0.4) is 0 Å². The maximum Gasteiger partial charge on any atom is 0.124 e. The van der Waals surface area contributed by atoms with Crippen LogP contribution in [0.2, 0.25) is 0 Å². The number of benzene rings is 1. The summed E-state index contributed by atoms with van der Waals surface area (Å²) in [6.07, 6.45) is 0. The fourth-order valence-corrected chi connectivity index (χ4v) is 1.20. The van der Waals surface area contributed by atoms with Crippen LogP contribution in [0.15, 0.2) is 35.9 Å². The highest BCUT2D eigenvalue weighted by atomic mass is 35.5. The van der Waals surface area contributed by atoms with Crippen molar-refractivity contribution >= 4 is 11.6 Å². The number of halogens is 1. The lowest BCUT2D eigenvalue weighted by molar-refractivity contribution is 0.353. The van der Waals surface area contributed by atoms with Gasteiger partial charge in [-0.05, 0) is 13.0 Å². The highest BCUT2D eigenvalue weighted by Gasteiger charge is 2.06. The van der Waals surface area contributed by atoms with Crippen molar-refractivity contribution in [1.82, 2.24) is 0 Å². The van der Waals surface area contributed by atoms with E-state index in [0.29, 0.717) is 11.6 Å². The SMILES string of the molecule is C=C(Cl)COc1ccccc1[C@H](C)N. The fourth-order valence-electron chi connectivity index (χ4n) is 1.14. The molecular formula is C11H14ClNO. The first-order chi connectivity index (χ1) is 6.61. The Morgan fingerprint density at radius 3 is 2.79 bits per heavy atom. The van der Waals surface area contributed by atoms with Crippen LogP contribution in [-0.4, -0.2) is 6.61 Å². The van der Waals surface area contributed by atoms with Crippen LogP contribution in [0.4, 0.5) is 0 Å². The summed E-state index contributed by atoms with van der Waals surface area (Å²) in [6, 6.07) is 7.60. The van der Waals surface area contributed by atoms with E-state index in [1.54, 1.807) is 0 Å². The summed E-state index contributed by atoms with van der Waals surface area (Å²) in [5, 5.41) is 0.476. The second kappa shape index (κ2) is 5.03. The van der Waals surface area contributed by atoms with E-state index in [2.05, 4.69) is 6.58 Å². The van der Waals surface area contributed by atoms with E-state index in [-0.39, 0.29) is 6.04 Å². The van der Waals surface area contributed by atoms with Gasteiger partial charge >= 0.3 is 0 Å². The third-order valence-corrected chi connectivity index (χ3v) is 1.90. The van der Waals surface area contributed by atoms with E-state index in [0.717, 1.165) is 11.3 Å². The molecule has 0 amide bonds. The highest BCUT2D eigenvalue weighted by molar-refractivity contribution is 6.29. The number of ether oxygens (including phenoxy) is 1. The Balaban J connectivity index is 2.79. The van der Waals surface area contributed by atoms with Gasteiger partial charge in [-0.3, -0.25) is 0 Å². The van der Waals surface area contributed by atoms with E-state index in [4.69, 9.17) is 22.1 Å². The Morgan fingerprint density at radius 2 is 2.21 bits per heavy atom. The van der Waals surface area contributed by atoms with Gasteiger partial charge in [0.2, 0.25) is 0 Å². The van der Waals surface area contributed by atoms with Crippen molar-refractivity contribution in [3.05, 3.63) is 41.4 Å². The molecule has 1 aromatic rings. The summed E-state index contributed by atoms with van der Waals surface area (Å²) in [4.78, 5) is 0. The first-order valence-corrected chi connectivity index (χ1v) is 4.79. The molecule has 0 saturated heterocycles. The van der Waals surface area contributed by atoms with Gasteiger partial charge in [0, 0.05) is 16.6 Å². The molecule has 1 aromatic carbocycles. The standard InChI is InChI=1S/C11H14ClNO/c1-8(12)7-14-11-6-4-3-5-10(11)9(2)13/h3-6,9H,1,7,13H2,2H3/t9-/m0/s1. The van der Waals surface area contributed by atoms with E-state index >= 15 is 0 Å².